The highest BCUT2D eigenvalue weighted by Crippen LogP contribution is 2.38. The van der Waals surface area contributed by atoms with E-state index in [0.717, 1.165) is 22.4 Å². The SMILES string of the molecule is [c]1ccc(-c2c(-c3ccccc3)ccnc2-c2ccccc2)cc1. The molecule has 0 amide bonds. The second kappa shape index (κ2) is 6.51. The van der Waals surface area contributed by atoms with Gasteiger partial charge in [-0.3, -0.25) is 4.98 Å². The fourth-order valence-corrected chi connectivity index (χ4v) is 2.98. The molecule has 1 aromatic heterocycles. The van der Waals surface area contributed by atoms with Gasteiger partial charge < -0.3 is 0 Å². The second-order valence-electron chi connectivity index (χ2n) is 5.60. The minimum absolute atomic E-state index is 1.00. The molecule has 0 spiro atoms. The maximum absolute atomic E-state index is 4.70. The molecule has 4 aromatic rings. The highest BCUT2D eigenvalue weighted by Gasteiger charge is 2.14. The summed E-state index contributed by atoms with van der Waals surface area (Å²) in [6.07, 6.45) is 1.89. The fraction of sp³-hybridized carbons (Fsp3) is 0. The van der Waals surface area contributed by atoms with Crippen LogP contribution in [0.25, 0.3) is 33.5 Å². The van der Waals surface area contributed by atoms with Crippen LogP contribution in [-0.4, -0.2) is 4.98 Å². The van der Waals surface area contributed by atoms with Crippen LogP contribution in [0.4, 0.5) is 0 Å². The largest absolute Gasteiger partial charge is 0.256 e. The number of rotatable bonds is 3. The average Bonchev–Trinajstić information content (AvgIpc) is 2.69. The number of nitrogens with zero attached hydrogens (tertiary/aromatic N) is 1. The monoisotopic (exact) mass is 306 g/mol. The molecule has 0 bridgehead atoms. The van der Waals surface area contributed by atoms with Crippen LogP contribution in [0.15, 0.2) is 97.2 Å². The number of benzene rings is 3. The fourth-order valence-electron chi connectivity index (χ4n) is 2.98. The third kappa shape index (κ3) is 2.72. The van der Waals surface area contributed by atoms with E-state index < -0.39 is 0 Å². The Labute approximate surface area is 142 Å². The minimum Gasteiger partial charge on any atom is -0.256 e. The lowest BCUT2D eigenvalue weighted by Crippen LogP contribution is -1.93. The Morgan fingerprint density at radius 2 is 1.21 bits per heavy atom. The maximum Gasteiger partial charge on any atom is 0.0786 e. The highest BCUT2D eigenvalue weighted by molar-refractivity contribution is 5.92. The van der Waals surface area contributed by atoms with E-state index in [2.05, 4.69) is 72.8 Å². The molecule has 0 atom stereocenters. The van der Waals surface area contributed by atoms with Crippen molar-refractivity contribution in [2.45, 2.75) is 0 Å². The van der Waals surface area contributed by atoms with E-state index in [1.165, 1.54) is 11.1 Å². The summed E-state index contributed by atoms with van der Waals surface area (Å²) in [6, 6.07) is 34.1. The zero-order valence-corrected chi connectivity index (χ0v) is 13.2. The first-order valence-corrected chi connectivity index (χ1v) is 8.00. The standard InChI is InChI=1S/C23H16N/c1-4-10-18(11-5-1)21-16-17-24-23(20-14-8-3-9-15-20)22(21)19-12-6-2-7-13-19/h1,3-17H. The smallest absolute Gasteiger partial charge is 0.0786 e. The molecule has 0 aliphatic rings. The topological polar surface area (TPSA) is 12.9 Å². The molecule has 1 heteroatoms. The van der Waals surface area contributed by atoms with E-state index >= 15 is 0 Å². The molecular weight excluding hydrogens is 290 g/mol. The molecule has 0 unspecified atom stereocenters. The predicted octanol–water partition coefficient (Wildman–Crippen LogP) is 5.88. The number of hydrogen-bond donors (Lipinski definition) is 0. The van der Waals surface area contributed by atoms with Gasteiger partial charge in [-0.1, -0.05) is 84.9 Å². The molecule has 0 aliphatic heterocycles. The molecule has 1 heterocycles. The molecule has 4 rings (SSSR count). The molecule has 1 nitrogen and oxygen atoms in total. The molecule has 113 valence electrons. The Morgan fingerprint density at radius 1 is 0.583 bits per heavy atom. The second-order valence-corrected chi connectivity index (χ2v) is 5.60. The van der Waals surface area contributed by atoms with Crippen molar-refractivity contribution in [1.29, 1.82) is 0 Å². The van der Waals surface area contributed by atoms with Crippen molar-refractivity contribution in [2.75, 3.05) is 0 Å². The lowest BCUT2D eigenvalue weighted by molar-refractivity contribution is 1.32. The Kier molecular flexibility index (Phi) is 3.91. The van der Waals surface area contributed by atoms with E-state index in [1.54, 1.807) is 0 Å². The average molecular weight is 306 g/mol. The maximum atomic E-state index is 4.70. The molecule has 0 N–H and O–H groups in total. The zero-order chi connectivity index (χ0) is 16.2. The Morgan fingerprint density at radius 3 is 1.88 bits per heavy atom. The molecule has 0 saturated carbocycles. The van der Waals surface area contributed by atoms with Crippen molar-refractivity contribution in [3.63, 3.8) is 0 Å². The first-order valence-electron chi connectivity index (χ1n) is 8.00. The van der Waals surface area contributed by atoms with Crippen LogP contribution in [0, 0.1) is 6.07 Å². The van der Waals surface area contributed by atoms with Crippen LogP contribution >= 0.6 is 0 Å². The van der Waals surface area contributed by atoms with Gasteiger partial charge in [-0.2, -0.15) is 0 Å². The normalized spacial score (nSPS) is 10.5. The van der Waals surface area contributed by atoms with Crippen molar-refractivity contribution < 1.29 is 0 Å². The van der Waals surface area contributed by atoms with Crippen LogP contribution < -0.4 is 0 Å². The Balaban J connectivity index is 2.02. The molecule has 0 fully saturated rings. The number of hydrogen-bond acceptors (Lipinski definition) is 1. The van der Waals surface area contributed by atoms with E-state index in [-0.39, 0.29) is 0 Å². The van der Waals surface area contributed by atoms with Gasteiger partial charge in [0, 0.05) is 17.3 Å². The van der Waals surface area contributed by atoms with Gasteiger partial charge >= 0.3 is 0 Å². The summed E-state index contributed by atoms with van der Waals surface area (Å²) in [5.41, 5.74) is 6.82. The summed E-state index contributed by atoms with van der Waals surface area (Å²) in [4.78, 5) is 4.70. The van der Waals surface area contributed by atoms with Crippen molar-refractivity contribution in [3.05, 3.63) is 103 Å². The van der Waals surface area contributed by atoms with Crippen LogP contribution in [0.5, 0.6) is 0 Å². The lowest BCUT2D eigenvalue weighted by Gasteiger charge is -2.15. The lowest BCUT2D eigenvalue weighted by atomic mass is 9.91. The number of aromatic nitrogens is 1. The van der Waals surface area contributed by atoms with E-state index in [9.17, 15) is 0 Å². The summed E-state index contributed by atoms with van der Waals surface area (Å²) < 4.78 is 0. The third-order valence-corrected chi connectivity index (χ3v) is 4.09. The first kappa shape index (κ1) is 14.4. The van der Waals surface area contributed by atoms with E-state index in [0.29, 0.717) is 0 Å². The summed E-state index contributed by atoms with van der Waals surface area (Å²) in [7, 11) is 0. The van der Waals surface area contributed by atoms with Gasteiger partial charge in [0.05, 0.1) is 5.69 Å². The molecule has 24 heavy (non-hydrogen) atoms. The molecular formula is C23H16N. The number of pyridine rings is 1. The van der Waals surface area contributed by atoms with Crippen molar-refractivity contribution in [3.8, 4) is 33.5 Å². The van der Waals surface area contributed by atoms with Crippen LogP contribution in [0.1, 0.15) is 0 Å². The Bertz CT molecular complexity index is 872. The van der Waals surface area contributed by atoms with Gasteiger partial charge in [-0.25, -0.2) is 0 Å². The molecule has 0 saturated heterocycles. The summed E-state index contributed by atoms with van der Waals surface area (Å²) in [6.45, 7) is 0. The van der Waals surface area contributed by atoms with Gasteiger partial charge in [-0.05, 0) is 28.8 Å². The quantitative estimate of drug-likeness (QED) is 0.460. The minimum atomic E-state index is 1.00. The van der Waals surface area contributed by atoms with Crippen LogP contribution in [-0.2, 0) is 0 Å². The van der Waals surface area contributed by atoms with Crippen LogP contribution in [0.3, 0.4) is 0 Å². The van der Waals surface area contributed by atoms with E-state index in [4.69, 9.17) is 4.98 Å². The first-order chi connectivity index (χ1) is 11.9. The van der Waals surface area contributed by atoms with Gasteiger partial charge in [-0.15, -0.1) is 0 Å². The van der Waals surface area contributed by atoms with Gasteiger partial charge in [0.25, 0.3) is 0 Å². The molecule has 0 aliphatic carbocycles. The van der Waals surface area contributed by atoms with E-state index in [1.807, 2.05) is 30.5 Å². The highest BCUT2D eigenvalue weighted by atomic mass is 14.7. The zero-order valence-electron chi connectivity index (χ0n) is 13.2. The third-order valence-electron chi connectivity index (χ3n) is 4.09. The van der Waals surface area contributed by atoms with Gasteiger partial charge in [0.15, 0.2) is 0 Å². The van der Waals surface area contributed by atoms with Crippen molar-refractivity contribution >= 4 is 0 Å². The van der Waals surface area contributed by atoms with Gasteiger partial charge in [0.2, 0.25) is 0 Å². The van der Waals surface area contributed by atoms with Crippen LogP contribution in [0.2, 0.25) is 0 Å². The van der Waals surface area contributed by atoms with Crippen molar-refractivity contribution in [1.82, 2.24) is 4.98 Å². The van der Waals surface area contributed by atoms with Gasteiger partial charge in [0.1, 0.15) is 0 Å². The predicted molar refractivity (Wildman–Crippen MR) is 99.4 cm³/mol. The summed E-state index contributed by atoms with van der Waals surface area (Å²) >= 11 is 0. The molecule has 1 radical (unpaired) electrons. The Hall–Kier alpha value is -3.19. The van der Waals surface area contributed by atoms with Crippen molar-refractivity contribution in [2.24, 2.45) is 0 Å². The summed E-state index contributed by atoms with van der Waals surface area (Å²) in [5.74, 6) is 0. The summed E-state index contributed by atoms with van der Waals surface area (Å²) in [5, 5.41) is 0. The molecule has 3 aromatic carbocycles.